The molecule has 0 fully saturated rings. The highest BCUT2D eigenvalue weighted by atomic mass is 32.2. The number of rotatable bonds is 18. The number of benzene rings is 2. The van der Waals surface area contributed by atoms with E-state index in [-0.39, 0.29) is 0 Å². The quantitative estimate of drug-likeness (QED) is 0.154. The number of nitrogens with zero attached hydrogens (tertiary/aromatic N) is 1. The van der Waals surface area contributed by atoms with Crippen molar-refractivity contribution in [2.45, 2.75) is 115 Å². The number of hydrogen-bond donors (Lipinski definition) is 2. The minimum atomic E-state index is -4.40. The van der Waals surface area contributed by atoms with E-state index >= 15 is 0 Å². The molecular formula is C30H46N2O3S. The first-order chi connectivity index (χ1) is 17.5. The van der Waals surface area contributed by atoms with Crippen LogP contribution in [0.2, 0.25) is 0 Å². The number of fused-ring (bicyclic) bond motifs is 1. The fourth-order valence-electron chi connectivity index (χ4n) is 5.36. The first-order valence-corrected chi connectivity index (χ1v) is 15.6. The second kappa shape index (κ2) is 14.6. The summed E-state index contributed by atoms with van der Waals surface area (Å²) in [4.78, 5) is 0.291. The molecule has 3 rings (SSSR count). The Kier molecular flexibility index (Phi) is 11.6. The molecule has 200 valence electrons. The second-order valence-electron chi connectivity index (χ2n) is 10.3. The molecule has 1 heterocycles. The maximum Gasteiger partial charge on any atom is 0.308 e. The van der Waals surface area contributed by atoms with Crippen LogP contribution in [0.25, 0.3) is 0 Å². The highest BCUT2D eigenvalue weighted by molar-refractivity contribution is 7.87. The van der Waals surface area contributed by atoms with E-state index in [1.165, 1.54) is 70.6 Å². The molecule has 36 heavy (non-hydrogen) atoms. The molecule has 0 bridgehead atoms. The van der Waals surface area contributed by atoms with Gasteiger partial charge in [-0.2, -0.15) is 8.42 Å². The lowest BCUT2D eigenvalue weighted by Crippen LogP contribution is -2.56. The molecule has 5 nitrogen and oxygen atoms in total. The van der Waals surface area contributed by atoms with Gasteiger partial charge in [-0.05, 0) is 24.1 Å². The molecule has 6 heteroatoms. The molecule has 2 aromatic rings. The van der Waals surface area contributed by atoms with Gasteiger partial charge in [0.05, 0.1) is 11.4 Å². The standard InChI is InChI=1S/C30H46N2O3S/c1-2-3-4-5-6-7-8-9-10-11-12-13-14-20-25-30(36(33,34)35)31-28-23-18-19-24-29(28)32(30)26-27-21-16-15-17-22-27/h15-19,21-24,31H,2-14,20,25-26H2,1H3,(H,33,34,35). The summed E-state index contributed by atoms with van der Waals surface area (Å²) in [7, 11) is -4.40. The van der Waals surface area contributed by atoms with Crippen LogP contribution >= 0.6 is 0 Å². The van der Waals surface area contributed by atoms with Gasteiger partial charge >= 0.3 is 10.1 Å². The third-order valence-electron chi connectivity index (χ3n) is 7.44. The SMILES string of the molecule is CCCCCCCCCCCCCCCCC1(S(=O)(=O)O)Nc2ccccc2N1Cc1ccccc1. The van der Waals surface area contributed by atoms with Crippen molar-refractivity contribution in [1.29, 1.82) is 0 Å². The first kappa shape index (κ1) is 28.5. The average molecular weight is 515 g/mol. The van der Waals surface area contributed by atoms with E-state index in [0.717, 1.165) is 36.2 Å². The van der Waals surface area contributed by atoms with Gasteiger partial charge in [0.15, 0.2) is 0 Å². The van der Waals surface area contributed by atoms with E-state index in [9.17, 15) is 13.0 Å². The minimum absolute atomic E-state index is 0.339. The molecule has 1 aliphatic heterocycles. The lowest BCUT2D eigenvalue weighted by molar-refractivity contribution is 0.408. The van der Waals surface area contributed by atoms with Crippen molar-refractivity contribution in [3.63, 3.8) is 0 Å². The molecule has 0 amide bonds. The predicted molar refractivity (Wildman–Crippen MR) is 152 cm³/mol. The van der Waals surface area contributed by atoms with Crippen molar-refractivity contribution in [1.82, 2.24) is 0 Å². The molecule has 0 aliphatic carbocycles. The third-order valence-corrected chi connectivity index (χ3v) is 8.82. The largest absolute Gasteiger partial charge is 0.346 e. The van der Waals surface area contributed by atoms with E-state index in [4.69, 9.17) is 0 Å². The second-order valence-corrected chi connectivity index (χ2v) is 11.9. The zero-order valence-corrected chi connectivity index (χ0v) is 22.9. The molecular weight excluding hydrogens is 468 g/mol. The van der Waals surface area contributed by atoms with Gasteiger partial charge in [0.1, 0.15) is 0 Å². The normalized spacial score (nSPS) is 17.2. The number of hydrogen-bond acceptors (Lipinski definition) is 4. The fourth-order valence-corrected chi connectivity index (χ4v) is 6.44. The van der Waals surface area contributed by atoms with Crippen molar-refractivity contribution in [2.75, 3.05) is 10.2 Å². The van der Waals surface area contributed by atoms with E-state index in [2.05, 4.69) is 12.2 Å². The minimum Gasteiger partial charge on any atom is -0.346 e. The van der Waals surface area contributed by atoms with Crippen LogP contribution in [0.5, 0.6) is 0 Å². The molecule has 0 aromatic heterocycles. The van der Waals surface area contributed by atoms with Gasteiger partial charge < -0.3 is 10.2 Å². The van der Waals surface area contributed by atoms with E-state index in [1.807, 2.05) is 59.5 Å². The number of unbranched alkanes of at least 4 members (excludes halogenated alkanes) is 13. The molecule has 0 saturated heterocycles. The molecule has 0 saturated carbocycles. The van der Waals surface area contributed by atoms with Crippen LogP contribution in [-0.2, 0) is 16.7 Å². The summed E-state index contributed by atoms with van der Waals surface area (Å²) in [5.41, 5.74) is 2.56. The summed E-state index contributed by atoms with van der Waals surface area (Å²) in [5, 5.41) is 3.19. The van der Waals surface area contributed by atoms with Crippen molar-refractivity contribution < 1.29 is 13.0 Å². The maximum absolute atomic E-state index is 12.8. The highest BCUT2D eigenvalue weighted by Gasteiger charge is 2.52. The highest BCUT2D eigenvalue weighted by Crippen LogP contribution is 2.45. The Morgan fingerprint density at radius 2 is 1.22 bits per heavy atom. The van der Waals surface area contributed by atoms with Gasteiger partial charge in [-0.3, -0.25) is 4.55 Å². The average Bonchev–Trinajstić information content (AvgIpc) is 3.19. The number of anilines is 2. The smallest absolute Gasteiger partial charge is 0.308 e. The summed E-state index contributed by atoms with van der Waals surface area (Å²) in [6.45, 7) is 2.67. The maximum atomic E-state index is 12.8. The van der Waals surface area contributed by atoms with E-state index in [0.29, 0.717) is 13.0 Å². The van der Waals surface area contributed by atoms with Gasteiger partial charge in [0, 0.05) is 13.0 Å². The van der Waals surface area contributed by atoms with Crippen molar-refractivity contribution >= 4 is 21.5 Å². The Bertz CT molecular complexity index is 996. The van der Waals surface area contributed by atoms with Crippen LogP contribution < -0.4 is 10.2 Å². The van der Waals surface area contributed by atoms with Gasteiger partial charge in [0.25, 0.3) is 0 Å². The lowest BCUT2D eigenvalue weighted by Gasteiger charge is -2.37. The first-order valence-electron chi connectivity index (χ1n) is 14.1. The monoisotopic (exact) mass is 514 g/mol. The number of para-hydroxylation sites is 2. The molecule has 2 aromatic carbocycles. The molecule has 2 N–H and O–H groups in total. The zero-order valence-electron chi connectivity index (χ0n) is 22.1. The van der Waals surface area contributed by atoms with Crippen molar-refractivity contribution in [3.8, 4) is 0 Å². The predicted octanol–water partition coefficient (Wildman–Crippen LogP) is 8.53. The lowest BCUT2D eigenvalue weighted by atomic mass is 10.0. The van der Waals surface area contributed by atoms with Gasteiger partial charge in [-0.25, -0.2) is 0 Å². The van der Waals surface area contributed by atoms with Crippen LogP contribution in [0.15, 0.2) is 54.6 Å². The topological polar surface area (TPSA) is 69.6 Å². The van der Waals surface area contributed by atoms with Crippen molar-refractivity contribution in [3.05, 3.63) is 60.2 Å². The van der Waals surface area contributed by atoms with Crippen LogP contribution in [0.3, 0.4) is 0 Å². The Balaban J connectivity index is 1.46. The van der Waals surface area contributed by atoms with Gasteiger partial charge in [-0.15, -0.1) is 0 Å². The van der Waals surface area contributed by atoms with Crippen LogP contribution in [-0.4, -0.2) is 18.0 Å². The van der Waals surface area contributed by atoms with Crippen LogP contribution in [0.4, 0.5) is 11.4 Å². The number of nitrogens with one attached hydrogen (secondary N) is 1. The van der Waals surface area contributed by atoms with Crippen LogP contribution in [0, 0.1) is 0 Å². The van der Waals surface area contributed by atoms with E-state index < -0.39 is 15.1 Å². The van der Waals surface area contributed by atoms with Gasteiger partial charge in [0.2, 0.25) is 4.99 Å². The molecule has 0 spiro atoms. The van der Waals surface area contributed by atoms with E-state index in [1.54, 1.807) is 0 Å². The Hall–Kier alpha value is -2.05. The summed E-state index contributed by atoms with van der Waals surface area (Å²) in [5.74, 6) is 0. The van der Waals surface area contributed by atoms with Crippen LogP contribution in [0.1, 0.15) is 109 Å². The third kappa shape index (κ3) is 7.97. The molecule has 1 atom stereocenters. The molecule has 0 radical (unpaired) electrons. The Morgan fingerprint density at radius 3 is 1.78 bits per heavy atom. The fraction of sp³-hybridized carbons (Fsp3) is 0.600. The van der Waals surface area contributed by atoms with Gasteiger partial charge in [-0.1, -0.05) is 133 Å². The molecule has 1 unspecified atom stereocenters. The summed E-state index contributed by atoms with van der Waals surface area (Å²) >= 11 is 0. The molecule has 1 aliphatic rings. The summed E-state index contributed by atoms with van der Waals surface area (Å²) in [6, 6.07) is 17.4. The summed E-state index contributed by atoms with van der Waals surface area (Å²) in [6.07, 6.45) is 17.8. The zero-order chi connectivity index (χ0) is 25.7. The Labute approximate surface area is 219 Å². The summed E-state index contributed by atoms with van der Waals surface area (Å²) < 4.78 is 36.1. The van der Waals surface area contributed by atoms with Crippen molar-refractivity contribution in [2.24, 2.45) is 0 Å². The Morgan fingerprint density at radius 1 is 0.722 bits per heavy atom.